The molecule has 0 bridgehead atoms. The highest BCUT2D eigenvalue weighted by atomic mass is 15.2. The molecule has 0 saturated carbocycles. The number of rotatable bonds is 2. The second-order valence-corrected chi connectivity index (χ2v) is 4.99. The number of likely N-dealkylation sites (N-methyl/N-ethyl adjacent to an activating group) is 1. The van der Waals surface area contributed by atoms with Crippen LogP contribution in [0.3, 0.4) is 0 Å². The van der Waals surface area contributed by atoms with Crippen molar-refractivity contribution in [2.75, 3.05) is 26.7 Å². The van der Waals surface area contributed by atoms with Crippen molar-refractivity contribution < 1.29 is 0 Å². The topological polar surface area (TPSA) is 56.4 Å². The van der Waals surface area contributed by atoms with Crippen LogP contribution in [0.1, 0.15) is 11.5 Å². The van der Waals surface area contributed by atoms with Gasteiger partial charge in [-0.25, -0.2) is 4.98 Å². The van der Waals surface area contributed by atoms with Gasteiger partial charge in [0.2, 0.25) is 0 Å². The highest BCUT2D eigenvalue weighted by Crippen LogP contribution is 2.15. The quantitative estimate of drug-likeness (QED) is 0.856. The second-order valence-electron chi connectivity index (χ2n) is 4.99. The zero-order chi connectivity index (χ0) is 13.2. The van der Waals surface area contributed by atoms with Crippen molar-refractivity contribution in [1.82, 2.24) is 19.6 Å². The minimum Gasteiger partial charge on any atom is -0.314 e. The van der Waals surface area contributed by atoms with Gasteiger partial charge in [-0.3, -0.25) is 0 Å². The molecule has 2 aromatic heterocycles. The lowest BCUT2D eigenvalue weighted by molar-refractivity contribution is 0.197. The Morgan fingerprint density at radius 3 is 3.21 bits per heavy atom. The summed E-state index contributed by atoms with van der Waals surface area (Å²) in [6, 6.07) is 8.47. The van der Waals surface area contributed by atoms with E-state index >= 15 is 0 Å². The van der Waals surface area contributed by atoms with Gasteiger partial charge < -0.3 is 14.6 Å². The van der Waals surface area contributed by atoms with Crippen LogP contribution < -0.4 is 5.32 Å². The van der Waals surface area contributed by atoms with Gasteiger partial charge >= 0.3 is 0 Å². The van der Waals surface area contributed by atoms with Gasteiger partial charge in [0.15, 0.2) is 5.69 Å². The Balaban J connectivity index is 1.95. The molecule has 1 aliphatic heterocycles. The summed E-state index contributed by atoms with van der Waals surface area (Å²) in [5.41, 5.74) is 1.41. The summed E-state index contributed by atoms with van der Waals surface area (Å²) < 4.78 is 2.03. The first-order valence-electron chi connectivity index (χ1n) is 6.56. The summed E-state index contributed by atoms with van der Waals surface area (Å²) in [5, 5.41) is 12.6. The highest BCUT2D eigenvalue weighted by Gasteiger charge is 2.21. The van der Waals surface area contributed by atoms with Crippen LogP contribution in [0.2, 0.25) is 0 Å². The van der Waals surface area contributed by atoms with E-state index < -0.39 is 0 Å². The SMILES string of the molecule is CN1CCNCC1Cc1nc(C#N)c2ccccn12. The fourth-order valence-corrected chi connectivity index (χ4v) is 2.63. The number of nitriles is 1. The Kier molecular flexibility index (Phi) is 3.20. The summed E-state index contributed by atoms with van der Waals surface area (Å²) in [4.78, 5) is 6.84. The minimum atomic E-state index is 0.436. The van der Waals surface area contributed by atoms with Gasteiger partial charge in [0.05, 0.1) is 5.52 Å². The largest absolute Gasteiger partial charge is 0.314 e. The molecule has 0 amide bonds. The summed E-state index contributed by atoms with van der Waals surface area (Å²) in [6.45, 7) is 3.07. The van der Waals surface area contributed by atoms with Gasteiger partial charge in [-0.15, -0.1) is 0 Å². The Hall–Kier alpha value is -1.90. The number of nitrogens with one attached hydrogen (secondary N) is 1. The number of aromatic nitrogens is 2. The van der Waals surface area contributed by atoms with Gasteiger partial charge in [0.25, 0.3) is 0 Å². The molecule has 0 aromatic carbocycles. The Morgan fingerprint density at radius 1 is 1.53 bits per heavy atom. The summed E-state index contributed by atoms with van der Waals surface area (Å²) in [6.07, 6.45) is 2.84. The van der Waals surface area contributed by atoms with E-state index in [4.69, 9.17) is 5.26 Å². The van der Waals surface area contributed by atoms with Crippen LogP contribution in [-0.4, -0.2) is 47.0 Å². The molecule has 3 heterocycles. The molecule has 5 heteroatoms. The Labute approximate surface area is 112 Å². The van der Waals surface area contributed by atoms with E-state index in [1.165, 1.54) is 0 Å². The van der Waals surface area contributed by atoms with Gasteiger partial charge in [-0.05, 0) is 19.2 Å². The number of fused-ring (bicyclic) bond motifs is 1. The maximum absolute atomic E-state index is 9.16. The maximum Gasteiger partial charge on any atom is 0.166 e. The first-order valence-corrected chi connectivity index (χ1v) is 6.56. The van der Waals surface area contributed by atoms with E-state index in [1.807, 2.05) is 28.8 Å². The zero-order valence-corrected chi connectivity index (χ0v) is 11.0. The van der Waals surface area contributed by atoms with Gasteiger partial charge in [0, 0.05) is 38.3 Å². The molecular formula is C14H17N5. The third kappa shape index (κ3) is 2.21. The monoisotopic (exact) mass is 255 g/mol. The molecule has 1 N–H and O–H groups in total. The first kappa shape index (κ1) is 12.2. The van der Waals surface area contributed by atoms with Crippen LogP contribution in [0, 0.1) is 11.3 Å². The molecular weight excluding hydrogens is 238 g/mol. The van der Waals surface area contributed by atoms with Crippen LogP contribution >= 0.6 is 0 Å². The Morgan fingerprint density at radius 2 is 2.42 bits per heavy atom. The fraction of sp³-hybridized carbons (Fsp3) is 0.429. The van der Waals surface area contributed by atoms with E-state index in [0.29, 0.717) is 11.7 Å². The fourth-order valence-electron chi connectivity index (χ4n) is 2.63. The predicted octanol–water partition coefficient (Wildman–Crippen LogP) is 0.652. The predicted molar refractivity (Wildman–Crippen MR) is 72.9 cm³/mol. The molecule has 5 nitrogen and oxygen atoms in total. The Bertz CT molecular complexity index is 624. The van der Waals surface area contributed by atoms with Crippen molar-refractivity contribution in [2.24, 2.45) is 0 Å². The third-order valence-electron chi connectivity index (χ3n) is 3.79. The van der Waals surface area contributed by atoms with Crippen molar-refractivity contribution in [1.29, 1.82) is 5.26 Å². The smallest absolute Gasteiger partial charge is 0.166 e. The number of hydrogen-bond acceptors (Lipinski definition) is 4. The van der Waals surface area contributed by atoms with Gasteiger partial charge in [-0.2, -0.15) is 5.26 Å². The summed E-state index contributed by atoms with van der Waals surface area (Å²) >= 11 is 0. The van der Waals surface area contributed by atoms with Crippen molar-refractivity contribution in [3.05, 3.63) is 35.9 Å². The molecule has 19 heavy (non-hydrogen) atoms. The standard InChI is InChI=1S/C14H17N5/c1-18-7-5-16-10-11(18)8-14-17-12(9-15)13-4-2-3-6-19(13)14/h2-4,6,11,16H,5,7-8,10H2,1H3. The summed E-state index contributed by atoms with van der Waals surface area (Å²) in [5.74, 6) is 0.965. The van der Waals surface area contributed by atoms with Crippen LogP contribution in [-0.2, 0) is 6.42 Å². The van der Waals surface area contributed by atoms with Crippen molar-refractivity contribution in [2.45, 2.75) is 12.5 Å². The molecule has 1 atom stereocenters. The maximum atomic E-state index is 9.16. The lowest BCUT2D eigenvalue weighted by Crippen LogP contribution is -2.50. The van der Waals surface area contributed by atoms with Crippen LogP contribution in [0.15, 0.2) is 24.4 Å². The average Bonchev–Trinajstić information content (AvgIpc) is 2.80. The third-order valence-corrected chi connectivity index (χ3v) is 3.79. The molecule has 2 aromatic rings. The van der Waals surface area contributed by atoms with E-state index in [0.717, 1.165) is 37.4 Å². The zero-order valence-electron chi connectivity index (χ0n) is 11.0. The number of imidazole rings is 1. The molecule has 3 rings (SSSR count). The molecule has 1 saturated heterocycles. The molecule has 0 radical (unpaired) electrons. The number of hydrogen-bond donors (Lipinski definition) is 1. The van der Waals surface area contributed by atoms with Crippen molar-refractivity contribution >= 4 is 5.52 Å². The number of piperazine rings is 1. The molecule has 1 fully saturated rings. The van der Waals surface area contributed by atoms with E-state index in [1.54, 1.807) is 0 Å². The van der Waals surface area contributed by atoms with Crippen molar-refractivity contribution in [3.8, 4) is 6.07 Å². The van der Waals surface area contributed by atoms with Crippen LogP contribution in [0.4, 0.5) is 0 Å². The molecule has 1 aliphatic rings. The number of pyridine rings is 1. The van der Waals surface area contributed by atoms with E-state index in [-0.39, 0.29) is 0 Å². The molecule has 0 spiro atoms. The lowest BCUT2D eigenvalue weighted by Gasteiger charge is -2.32. The normalized spacial score (nSPS) is 20.5. The van der Waals surface area contributed by atoms with Crippen LogP contribution in [0.25, 0.3) is 5.52 Å². The summed E-state index contributed by atoms with van der Waals surface area (Å²) in [7, 11) is 2.15. The lowest BCUT2D eigenvalue weighted by atomic mass is 10.1. The second kappa shape index (κ2) is 5.00. The highest BCUT2D eigenvalue weighted by molar-refractivity contribution is 5.58. The minimum absolute atomic E-state index is 0.436. The van der Waals surface area contributed by atoms with Crippen LogP contribution in [0.5, 0.6) is 0 Å². The van der Waals surface area contributed by atoms with Gasteiger partial charge in [-0.1, -0.05) is 6.07 Å². The molecule has 0 aliphatic carbocycles. The first-order chi connectivity index (χ1) is 9.29. The molecule has 98 valence electrons. The van der Waals surface area contributed by atoms with Crippen molar-refractivity contribution in [3.63, 3.8) is 0 Å². The number of nitrogens with zero attached hydrogens (tertiary/aromatic N) is 4. The van der Waals surface area contributed by atoms with E-state index in [9.17, 15) is 0 Å². The van der Waals surface area contributed by atoms with Gasteiger partial charge in [0.1, 0.15) is 11.9 Å². The van der Waals surface area contributed by atoms with E-state index in [2.05, 4.69) is 28.3 Å². The molecule has 1 unspecified atom stereocenters. The average molecular weight is 255 g/mol.